The van der Waals surface area contributed by atoms with Crippen LogP contribution in [0.1, 0.15) is 23.6 Å². The van der Waals surface area contributed by atoms with Crippen LogP contribution >= 0.6 is 23.2 Å². The Balaban J connectivity index is 1.71. The van der Waals surface area contributed by atoms with Crippen LogP contribution in [0.2, 0.25) is 10.0 Å². The van der Waals surface area contributed by atoms with Gasteiger partial charge in [-0.1, -0.05) is 53.5 Å². The van der Waals surface area contributed by atoms with E-state index in [1.807, 2.05) is 30.3 Å². The van der Waals surface area contributed by atoms with Gasteiger partial charge in [-0.2, -0.15) is 0 Å². The van der Waals surface area contributed by atoms with Crippen LogP contribution in [0, 0.1) is 0 Å². The zero-order valence-electron chi connectivity index (χ0n) is 12.3. The molecule has 1 aliphatic heterocycles. The number of benzene rings is 2. The minimum Gasteiger partial charge on any atom is -0.493 e. The molecule has 0 aromatic heterocycles. The van der Waals surface area contributed by atoms with E-state index >= 15 is 0 Å². The number of carbonyl (C=O) groups excluding carboxylic acids is 1. The van der Waals surface area contributed by atoms with Gasteiger partial charge in [-0.05, 0) is 23.8 Å². The van der Waals surface area contributed by atoms with E-state index in [0.717, 1.165) is 17.7 Å². The quantitative estimate of drug-likeness (QED) is 0.821. The smallest absolute Gasteiger partial charge is 0.244 e. The van der Waals surface area contributed by atoms with E-state index < -0.39 is 0 Å². The third-order valence-corrected chi connectivity index (χ3v) is 4.50. The summed E-state index contributed by atoms with van der Waals surface area (Å²) in [5.74, 6) is 0.647. The molecule has 1 aliphatic rings. The van der Waals surface area contributed by atoms with Gasteiger partial charge >= 0.3 is 0 Å². The molecule has 118 valence electrons. The van der Waals surface area contributed by atoms with Gasteiger partial charge in [0, 0.05) is 18.1 Å². The fraction of sp³-hybridized carbons (Fsp3) is 0.167. The van der Waals surface area contributed by atoms with E-state index in [2.05, 4.69) is 5.32 Å². The molecule has 0 aliphatic carbocycles. The molecule has 5 heteroatoms. The fourth-order valence-electron chi connectivity index (χ4n) is 2.53. The summed E-state index contributed by atoms with van der Waals surface area (Å²) in [6.07, 6.45) is 3.87. The predicted octanol–water partition coefficient (Wildman–Crippen LogP) is 4.65. The van der Waals surface area contributed by atoms with Gasteiger partial charge in [0.2, 0.25) is 5.91 Å². The van der Waals surface area contributed by atoms with Crippen LogP contribution in [0.4, 0.5) is 0 Å². The van der Waals surface area contributed by atoms with Crippen molar-refractivity contribution in [3.63, 3.8) is 0 Å². The molecule has 23 heavy (non-hydrogen) atoms. The molecule has 0 unspecified atom stereocenters. The maximum Gasteiger partial charge on any atom is 0.244 e. The van der Waals surface area contributed by atoms with Crippen molar-refractivity contribution in [3.05, 3.63) is 69.7 Å². The normalized spacial score (nSPS) is 16.7. The topological polar surface area (TPSA) is 38.3 Å². The molecule has 1 heterocycles. The van der Waals surface area contributed by atoms with Crippen LogP contribution in [-0.2, 0) is 4.79 Å². The Kier molecular flexibility index (Phi) is 4.89. The molecular formula is C18H15Cl2NO2. The van der Waals surface area contributed by atoms with Crippen LogP contribution in [0.5, 0.6) is 5.75 Å². The number of hydrogen-bond acceptors (Lipinski definition) is 2. The Labute approximate surface area is 144 Å². The summed E-state index contributed by atoms with van der Waals surface area (Å²) < 4.78 is 5.59. The summed E-state index contributed by atoms with van der Waals surface area (Å²) in [7, 11) is 0. The molecule has 1 amide bonds. The highest BCUT2D eigenvalue weighted by Crippen LogP contribution is 2.31. The Morgan fingerprint density at radius 3 is 2.87 bits per heavy atom. The van der Waals surface area contributed by atoms with Gasteiger partial charge in [-0.3, -0.25) is 4.79 Å². The number of carbonyl (C=O) groups is 1. The van der Waals surface area contributed by atoms with Crippen molar-refractivity contribution in [2.24, 2.45) is 0 Å². The fourth-order valence-corrected chi connectivity index (χ4v) is 2.90. The highest BCUT2D eigenvalue weighted by molar-refractivity contribution is 6.42. The second-order valence-corrected chi connectivity index (χ2v) is 6.00. The number of para-hydroxylation sites is 1. The van der Waals surface area contributed by atoms with Gasteiger partial charge in [0.15, 0.2) is 0 Å². The van der Waals surface area contributed by atoms with E-state index in [4.69, 9.17) is 27.9 Å². The molecule has 2 aromatic rings. The molecule has 0 radical (unpaired) electrons. The largest absolute Gasteiger partial charge is 0.493 e. The standard InChI is InChI=1S/C18H15Cl2NO2/c19-14-6-3-4-12(18(14)20)8-9-17(22)21-15-10-11-23-16-7-2-1-5-13(15)16/h1-9,15H,10-11H2,(H,21,22)/b9-8+/t15-/m0/s1. The SMILES string of the molecule is O=C(/C=C/c1cccc(Cl)c1Cl)N[C@H]1CCOc2ccccc21. The van der Waals surface area contributed by atoms with Crippen LogP contribution in [-0.4, -0.2) is 12.5 Å². The summed E-state index contributed by atoms with van der Waals surface area (Å²) in [6.45, 7) is 0.589. The van der Waals surface area contributed by atoms with Crippen molar-refractivity contribution in [2.75, 3.05) is 6.61 Å². The van der Waals surface area contributed by atoms with Gasteiger partial charge < -0.3 is 10.1 Å². The molecule has 0 bridgehead atoms. The zero-order valence-corrected chi connectivity index (χ0v) is 13.8. The first-order valence-corrected chi connectivity index (χ1v) is 8.05. The summed E-state index contributed by atoms with van der Waals surface area (Å²) in [4.78, 5) is 12.2. The predicted molar refractivity (Wildman–Crippen MR) is 92.9 cm³/mol. The Bertz CT molecular complexity index is 758. The van der Waals surface area contributed by atoms with Crippen LogP contribution in [0.25, 0.3) is 6.08 Å². The zero-order chi connectivity index (χ0) is 16.2. The first kappa shape index (κ1) is 15.9. The van der Waals surface area contributed by atoms with Gasteiger partial charge in [-0.15, -0.1) is 0 Å². The number of halogens is 2. The Hall–Kier alpha value is -1.97. The lowest BCUT2D eigenvalue weighted by Crippen LogP contribution is -2.30. The summed E-state index contributed by atoms with van der Waals surface area (Å²) in [5, 5.41) is 3.90. The van der Waals surface area contributed by atoms with Gasteiger partial charge in [0.05, 0.1) is 22.7 Å². The van der Waals surface area contributed by atoms with Crippen molar-refractivity contribution < 1.29 is 9.53 Å². The first-order chi connectivity index (χ1) is 11.1. The number of amides is 1. The lowest BCUT2D eigenvalue weighted by molar-refractivity contribution is -0.117. The maximum atomic E-state index is 12.2. The highest BCUT2D eigenvalue weighted by Gasteiger charge is 2.21. The van der Waals surface area contributed by atoms with E-state index in [9.17, 15) is 4.79 Å². The average Bonchev–Trinajstić information content (AvgIpc) is 2.56. The van der Waals surface area contributed by atoms with E-state index in [0.29, 0.717) is 22.2 Å². The second kappa shape index (κ2) is 7.07. The average molecular weight is 348 g/mol. The van der Waals surface area contributed by atoms with Crippen molar-refractivity contribution in [1.29, 1.82) is 0 Å². The first-order valence-electron chi connectivity index (χ1n) is 7.29. The number of hydrogen-bond donors (Lipinski definition) is 1. The van der Waals surface area contributed by atoms with Crippen molar-refractivity contribution in [1.82, 2.24) is 5.32 Å². The van der Waals surface area contributed by atoms with Crippen molar-refractivity contribution in [3.8, 4) is 5.75 Å². The number of ether oxygens (including phenoxy) is 1. The van der Waals surface area contributed by atoms with Crippen LogP contribution < -0.4 is 10.1 Å². The van der Waals surface area contributed by atoms with Gasteiger partial charge in [0.25, 0.3) is 0 Å². The molecule has 1 N–H and O–H groups in total. The summed E-state index contributed by atoms with van der Waals surface area (Å²) in [6, 6.07) is 13.0. The molecule has 0 saturated carbocycles. The molecular weight excluding hydrogens is 333 g/mol. The number of rotatable bonds is 3. The number of nitrogens with one attached hydrogen (secondary N) is 1. The van der Waals surface area contributed by atoms with Gasteiger partial charge in [-0.25, -0.2) is 0 Å². The Morgan fingerprint density at radius 1 is 1.17 bits per heavy atom. The minimum atomic E-state index is -0.178. The van der Waals surface area contributed by atoms with Gasteiger partial charge in [0.1, 0.15) is 5.75 Å². The van der Waals surface area contributed by atoms with E-state index in [-0.39, 0.29) is 11.9 Å². The minimum absolute atomic E-state index is 0.0491. The number of fused-ring (bicyclic) bond motifs is 1. The molecule has 3 rings (SSSR count). The van der Waals surface area contributed by atoms with Crippen molar-refractivity contribution in [2.45, 2.75) is 12.5 Å². The van der Waals surface area contributed by atoms with E-state index in [1.165, 1.54) is 6.08 Å². The third kappa shape index (κ3) is 3.69. The lowest BCUT2D eigenvalue weighted by Gasteiger charge is -2.26. The summed E-state index contributed by atoms with van der Waals surface area (Å²) in [5.41, 5.74) is 1.71. The van der Waals surface area contributed by atoms with Crippen molar-refractivity contribution >= 4 is 35.2 Å². The Morgan fingerprint density at radius 2 is 2.00 bits per heavy atom. The third-order valence-electron chi connectivity index (χ3n) is 3.67. The second-order valence-electron chi connectivity index (χ2n) is 5.21. The molecule has 3 nitrogen and oxygen atoms in total. The van der Waals surface area contributed by atoms with E-state index in [1.54, 1.807) is 18.2 Å². The molecule has 0 saturated heterocycles. The molecule has 1 atom stereocenters. The molecule has 2 aromatic carbocycles. The lowest BCUT2D eigenvalue weighted by atomic mass is 10.0. The molecule has 0 spiro atoms. The monoisotopic (exact) mass is 347 g/mol. The van der Waals surface area contributed by atoms with Crippen LogP contribution in [0.15, 0.2) is 48.5 Å². The van der Waals surface area contributed by atoms with Crippen LogP contribution in [0.3, 0.4) is 0 Å². The maximum absolute atomic E-state index is 12.2. The highest BCUT2D eigenvalue weighted by atomic mass is 35.5. The molecule has 0 fully saturated rings. The summed E-state index contributed by atoms with van der Waals surface area (Å²) >= 11 is 12.1.